The fraction of sp³-hybridized carbons (Fsp3) is 0.909. The summed E-state index contributed by atoms with van der Waals surface area (Å²) in [6.07, 6.45) is 3.98. The molecule has 0 heterocycles. The van der Waals surface area contributed by atoms with Gasteiger partial charge in [-0.05, 0) is 37.9 Å². The average molecular weight is 331 g/mol. The highest BCUT2D eigenvalue weighted by molar-refractivity contribution is 6.40. The molecule has 0 aliphatic heterocycles. The van der Waals surface area contributed by atoms with Crippen molar-refractivity contribution in [2.24, 2.45) is 17.4 Å². The van der Waals surface area contributed by atoms with Gasteiger partial charge in [-0.1, -0.05) is 12.8 Å². The third kappa shape index (κ3) is 6.16. The van der Waals surface area contributed by atoms with Crippen LogP contribution in [0.1, 0.15) is 38.5 Å². The maximum atomic E-state index is 11.4. The van der Waals surface area contributed by atoms with Crippen molar-refractivity contribution >= 4 is 37.9 Å². The molecular weight excluding hydrogens is 306 g/mol. The Bertz CT molecular complexity index is 300. The zero-order valence-corrected chi connectivity index (χ0v) is 13.0. The van der Waals surface area contributed by atoms with Crippen molar-refractivity contribution in [1.29, 1.82) is 0 Å². The van der Waals surface area contributed by atoms with Gasteiger partial charge >= 0.3 is 13.1 Å². The number of carboxylic acids is 1. The standard InChI is InChI=1S/C11H23BN2O4.2ClH/c13-9-4-3-8(7-9)11(14,10(15)16)5-1-2-6-12(17)18;;/h8-9,17-18H,1-7,13-14H2,(H,15,16);2*1H/t8-,9-,11+;;/m0../s1. The van der Waals surface area contributed by atoms with E-state index in [9.17, 15) is 9.90 Å². The molecule has 6 nitrogen and oxygen atoms in total. The Morgan fingerprint density at radius 3 is 2.25 bits per heavy atom. The lowest BCUT2D eigenvalue weighted by molar-refractivity contribution is -0.146. The topological polar surface area (TPSA) is 130 Å². The van der Waals surface area contributed by atoms with Crippen LogP contribution in [0.5, 0.6) is 0 Å². The minimum absolute atomic E-state index is 0. The number of carbonyl (C=O) groups is 1. The van der Waals surface area contributed by atoms with Crippen LogP contribution in [-0.2, 0) is 4.79 Å². The molecule has 0 amide bonds. The number of halogens is 2. The number of unbranched alkanes of at least 4 members (excludes halogenated alkanes) is 1. The lowest BCUT2D eigenvalue weighted by Crippen LogP contribution is -2.53. The molecular formula is C11H25BCl2N2O4. The van der Waals surface area contributed by atoms with Gasteiger partial charge in [0.15, 0.2) is 0 Å². The van der Waals surface area contributed by atoms with Crippen LogP contribution in [0, 0.1) is 5.92 Å². The van der Waals surface area contributed by atoms with Gasteiger partial charge in [-0.15, -0.1) is 24.8 Å². The molecule has 7 N–H and O–H groups in total. The Morgan fingerprint density at radius 1 is 1.25 bits per heavy atom. The van der Waals surface area contributed by atoms with Gasteiger partial charge in [0.05, 0.1) is 0 Å². The van der Waals surface area contributed by atoms with Crippen LogP contribution < -0.4 is 11.5 Å². The summed E-state index contributed by atoms with van der Waals surface area (Å²) in [7, 11) is -1.33. The summed E-state index contributed by atoms with van der Waals surface area (Å²) < 4.78 is 0. The van der Waals surface area contributed by atoms with E-state index < -0.39 is 18.6 Å². The number of rotatable bonds is 7. The predicted molar refractivity (Wildman–Crippen MR) is 83.2 cm³/mol. The van der Waals surface area contributed by atoms with Crippen LogP contribution in [0.15, 0.2) is 0 Å². The van der Waals surface area contributed by atoms with Crippen LogP contribution in [-0.4, -0.2) is 39.8 Å². The van der Waals surface area contributed by atoms with Crippen LogP contribution in [0.4, 0.5) is 0 Å². The molecule has 1 aliphatic rings. The molecule has 0 aromatic rings. The zero-order valence-electron chi connectivity index (χ0n) is 11.4. The predicted octanol–water partition coefficient (Wildman–Crippen LogP) is 0.383. The average Bonchev–Trinajstić information content (AvgIpc) is 2.71. The Kier molecular flexibility index (Phi) is 10.9. The minimum atomic E-state index is -1.33. The molecule has 1 aliphatic carbocycles. The number of aliphatic carboxylic acids is 1. The van der Waals surface area contributed by atoms with Crippen molar-refractivity contribution in [2.45, 2.75) is 56.4 Å². The maximum absolute atomic E-state index is 11.4. The van der Waals surface area contributed by atoms with Gasteiger partial charge < -0.3 is 26.6 Å². The minimum Gasteiger partial charge on any atom is -0.480 e. The molecule has 0 aromatic heterocycles. The van der Waals surface area contributed by atoms with Crippen molar-refractivity contribution in [3.05, 3.63) is 0 Å². The third-order valence-corrected chi connectivity index (χ3v) is 3.90. The Morgan fingerprint density at radius 2 is 1.85 bits per heavy atom. The molecule has 0 spiro atoms. The number of hydrogen-bond acceptors (Lipinski definition) is 5. The smallest absolute Gasteiger partial charge is 0.451 e. The second kappa shape index (κ2) is 9.81. The van der Waals surface area contributed by atoms with E-state index in [0.717, 1.165) is 12.8 Å². The summed E-state index contributed by atoms with van der Waals surface area (Å²) in [5.41, 5.74) is 10.6. The highest BCUT2D eigenvalue weighted by Crippen LogP contribution is 2.35. The molecule has 20 heavy (non-hydrogen) atoms. The van der Waals surface area contributed by atoms with Gasteiger partial charge in [-0.2, -0.15) is 0 Å². The van der Waals surface area contributed by atoms with Gasteiger partial charge in [-0.3, -0.25) is 4.79 Å². The van der Waals surface area contributed by atoms with E-state index >= 15 is 0 Å². The second-order valence-corrected chi connectivity index (χ2v) is 5.34. The van der Waals surface area contributed by atoms with Gasteiger partial charge in [0.2, 0.25) is 0 Å². The summed E-state index contributed by atoms with van der Waals surface area (Å²) in [5.74, 6) is -1.06. The molecule has 0 bridgehead atoms. The van der Waals surface area contributed by atoms with E-state index in [2.05, 4.69) is 0 Å². The van der Waals surface area contributed by atoms with Crippen LogP contribution >= 0.6 is 24.8 Å². The van der Waals surface area contributed by atoms with Crippen LogP contribution in [0.25, 0.3) is 0 Å². The molecule has 1 rings (SSSR count). The molecule has 0 aromatic carbocycles. The molecule has 0 saturated heterocycles. The Balaban J connectivity index is 0. The molecule has 3 atom stereocenters. The van der Waals surface area contributed by atoms with E-state index in [1.807, 2.05) is 0 Å². The SMILES string of the molecule is Cl.Cl.N[C@H]1CC[C@H]([C@](N)(CCCCB(O)O)C(=O)O)C1. The Labute approximate surface area is 132 Å². The van der Waals surface area contributed by atoms with Gasteiger partial charge in [0.25, 0.3) is 0 Å². The lowest BCUT2D eigenvalue weighted by Gasteiger charge is -2.31. The first-order chi connectivity index (χ1) is 8.36. The molecule has 9 heteroatoms. The monoisotopic (exact) mass is 330 g/mol. The Hall–Kier alpha value is -0.0451. The van der Waals surface area contributed by atoms with E-state index in [-0.39, 0.29) is 43.1 Å². The molecule has 0 unspecified atom stereocenters. The molecule has 1 fully saturated rings. The van der Waals surface area contributed by atoms with Crippen molar-refractivity contribution in [1.82, 2.24) is 0 Å². The van der Waals surface area contributed by atoms with Crippen molar-refractivity contribution in [2.75, 3.05) is 0 Å². The third-order valence-electron chi connectivity index (χ3n) is 3.90. The number of nitrogens with two attached hydrogens (primary N) is 2. The quantitative estimate of drug-likeness (QED) is 0.339. The van der Waals surface area contributed by atoms with E-state index in [0.29, 0.717) is 25.7 Å². The number of hydrogen-bond donors (Lipinski definition) is 5. The second-order valence-electron chi connectivity index (χ2n) is 5.34. The highest BCUT2D eigenvalue weighted by Gasteiger charge is 2.44. The first kappa shape index (κ1) is 22.2. The van der Waals surface area contributed by atoms with Crippen molar-refractivity contribution in [3.8, 4) is 0 Å². The van der Waals surface area contributed by atoms with Crippen molar-refractivity contribution < 1.29 is 19.9 Å². The molecule has 1 saturated carbocycles. The first-order valence-corrected chi connectivity index (χ1v) is 6.50. The van der Waals surface area contributed by atoms with E-state index in [1.165, 1.54) is 0 Å². The lowest BCUT2D eigenvalue weighted by atomic mass is 9.77. The number of carboxylic acid groups (broad SMARTS) is 1. The summed E-state index contributed by atoms with van der Waals surface area (Å²) in [6, 6.07) is 0.0524. The first-order valence-electron chi connectivity index (χ1n) is 6.50. The van der Waals surface area contributed by atoms with E-state index in [1.54, 1.807) is 0 Å². The highest BCUT2D eigenvalue weighted by atomic mass is 35.5. The van der Waals surface area contributed by atoms with E-state index in [4.69, 9.17) is 21.5 Å². The fourth-order valence-electron chi connectivity index (χ4n) is 2.71. The van der Waals surface area contributed by atoms with Gasteiger partial charge in [-0.25, -0.2) is 0 Å². The fourth-order valence-corrected chi connectivity index (χ4v) is 2.71. The van der Waals surface area contributed by atoms with Gasteiger partial charge in [0.1, 0.15) is 5.54 Å². The normalized spacial score (nSPS) is 24.2. The van der Waals surface area contributed by atoms with Crippen molar-refractivity contribution in [3.63, 3.8) is 0 Å². The van der Waals surface area contributed by atoms with Crippen LogP contribution in [0.3, 0.4) is 0 Å². The summed E-state index contributed by atoms with van der Waals surface area (Å²) in [4.78, 5) is 11.4. The van der Waals surface area contributed by atoms with Gasteiger partial charge in [0, 0.05) is 6.04 Å². The summed E-state index contributed by atoms with van der Waals surface area (Å²) >= 11 is 0. The summed E-state index contributed by atoms with van der Waals surface area (Å²) in [6.45, 7) is 0. The maximum Gasteiger partial charge on any atom is 0.451 e. The largest absolute Gasteiger partial charge is 0.480 e. The molecule has 0 radical (unpaired) electrons. The molecule has 120 valence electrons. The van der Waals surface area contributed by atoms with Crippen LogP contribution in [0.2, 0.25) is 6.32 Å². The zero-order chi connectivity index (χ0) is 13.8. The summed E-state index contributed by atoms with van der Waals surface area (Å²) in [5, 5.41) is 26.8.